The fourth-order valence-electron chi connectivity index (χ4n) is 0.517. The van der Waals surface area contributed by atoms with Gasteiger partial charge in [0.15, 0.2) is 0 Å². The third-order valence-corrected chi connectivity index (χ3v) is 4.30. The number of thioether (sulfide) groups is 3. The maximum absolute atomic E-state index is 10.8. The number of hydrogen-bond acceptors (Lipinski definition) is 6. The van der Waals surface area contributed by atoms with E-state index in [2.05, 4.69) is 16.3 Å². The maximum atomic E-state index is 10.8. The van der Waals surface area contributed by atoms with Gasteiger partial charge in [0.05, 0.1) is 12.5 Å². The summed E-state index contributed by atoms with van der Waals surface area (Å²) >= 11 is 5.23. The first-order chi connectivity index (χ1) is 6.81. The Morgan fingerprint density at radius 1 is 1.43 bits per heavy atom. The summed E-state index contributed by atoms with van der Waals surface area (Å²) in [4.78, 5) is 10.8. The van der Waals surface area contributed by atoms with Gasteiger partial charge >= 0.3 is 6.09 Å². The van der Waals surface area contributed by atoms with Crippen LogP contribution >= 0.6 is 35.3 Å². The second-order valence-corrected chi connectivity index (χ2v) is 5.68. The summed E-state index contributed by atoms with van der Waals surface area (Å²) in [6, 6.07) is 0. The number of amides is 1. The van der Waals surface area contributed by atoms with Crippen molar-refractivity contribution in [3.8, 4) is 0 Å². The highest BCUT2D eigenvalue weighted by Gasteiger charge is 1.99. The Bertz CT molecular complexity index is 148. The topological polar surface area (TPSA) is 58.6 Å². The lowest BCUT2D eigenvalue weighted by molar-refractivity contribution is 0.120. The van der Waals surface area contributed by atoms with E-state index in [1.165, 1.54) is 0 Å². The zero-order valence-corrected chi connectivity index (χ0v) is 10.5. The van der Waals surface area contributed by atoms with Crippen molar-refractivity contribution in [2.75, 3.05) is 35.5 Å². The van der Waals surface area contributed by atoms with Gasteiger partial charge in [-0.25, -0.2) is 4.79 Å². The maximum Gasteiger partial charge on any atom is 0.407 e. The van der Waals surface area contributed by atoms with Gasteiger partial charge in [-0.2, -0.15) is 11.8 Å². The van der Waals surface area contributed by atoms with E-state index in [1.807, 2.05) is 11.8 Å². The van der Waals surface area contributed by atoms with Crippen LogP contribution in [0.2, 0.25) is 0 Å². The van der Waals surface area contributed by atoms with Crippen LogP contribution in [-0.4, -0.2) is 46.7 Å². The fourth-order valence-corrected chi connectivity index (χ4v) is 3.09. The Hall–Kier alpha value is 0.280. The largest absolute Gasteiger partial charge is 0.447 e. The predicted octanol–water partition coefficient (Wildman–Crippen LogP) is 1.41. The number of hydrogen-bond donors (Lipinski definition) is 2. The highest BCUT2D eigenvalue weighted by atomic mass is 32.2. The first-order valence-corrected chi connectivity index (χ1v) is 7.67. The van der Waals surface area contributed by atoms with Crippen LogP contribution in [0.25, 0.3) is 0 Å². The van der Waals surface area contributed by atoms with Crippen molar-refractivity contribution in [2.24, 2.45) is 0 Å². The van der Waals surface area contributed by atoms with E-state index < -0.39 is 6.09 Å². The van der Waals surface area contributed by atoms with E-state index >= 15 is 0 Å². The van der Waals surface area contributed by atoms with E-state index in [1.54, 1.807) is 23.5 Å². The molecule has 0 fully saturated rings. The molecule has 0 aliphatic rings. The van der Waals surface area contributed by atoms with Gasteiger partial charge in [0.25, 0.3) is 0 Å². The Balaban J connectivity index is 3.07. The van der Waals surface area contributed by atoms with E-state index in [-0.39, 0.29) is 13.2 Å². The first kappa shape index (κ1) is 14.3. The number of alkyl carbamates (subject to hydrolysis) is 1. The molecule has 0 unspecified atom stereocenters. The second kappa shape index (κ2) is 11.4. The number of ether oxygens (including phenoxy) is 1. The zero-order chi connectivity index (χ0) is 10.6. The minimum absolute atomic E-state index is 0.0533. The standard InChI is InChI=1S/C7H15NO3S3/c1-12-5-14-6-13-4-8-7(10)11-3-2-9/h9H,2-6H2,1H3,(H,8,10). The van der Waals surface area contributed by atoms with Crippen molar-refractivity contribution in [1.82, 2.24) is 5.32 Å². The molecule has 1 amide bonds. The summed E-state index contributed by atoms with van der Waals surface area (Å²) in [5, 5.41) is 13.0. The summed E-state index contributed by atoms with van der Waals surface area (Å²) < 4.78 is 4.59. The molecule has 84 valence electrons. The fraction of sp³-hybridized carbons (Fsp3) is 0.857. The van der Waals surface area contributed by atoms with Gasteiger partial charge in [-0.05, 0) is 6.26 Å². The van der Waals surface area contributed by atoms with Crippen LogP contribution in [0.4, 0.5) is 4.79 Å². The number of carbonyl (C=O) groups is 1. The molecule has 0 aromatic carbocycles. The Morgan fingerprint density at radius 3 is 2.86 bits per heavy atom. The Morgan fingerprint density at radius 2 is 2.21 bits per heavy atom. The molecular formula is C7H15NO3S3. The van der Waals surface area contributed by atoms with Crippen LogP contribution in [0.1, 0.15) is 0 Å². The molecule has 0 bridgehead atoms. The molecule has 0 aromatic rings. The normalized spacial score (nSPS) is 9.86. The molecule has 0 heterocycles. The molecule has 2 N–H and O–H groups in total. The lowest BCUT2D eigenvalue weighted by Gasteiger charge is -2.04. The lowest BCUT2D eigenvalue weighted by Crippen LogP contribution is -2.24. The molecule has 14 heavy (non-hydrogen) atoms. The summed E-state index contributed by atoms with van der Waals surface area (Å²) in [6.07, 6.45) is 1.59. The monoisotopic (exact) mass is 257 g/mol. The minimum atomic E-state index is -0.471. The number of rotatable bonds is 8. The van der Waals surface area contributed by atoms with Gasteiger partial charge in [0.2, 0.25) is 0 Å². The summed E-state index contributed by atoms with van der Waals surface area (Å²) in [5.74, 6) is 0.547. The molecule has 0 saturated heterocycles. The average molecular weight is 257 g/mol. The molecule has 7 heteroatoms. The first-order valence-electron chi connectivity index (χ1n) is 3.97. The SMILES string of the molecule is CSCSCSCNC(=O)OCCO. The molecule has 0 spiro atoms. The Kier molecular flexibility index (Phi) is 11.6. The molecule has 0 saturated carbocycles. The molecule has 0 aromatic heterocycles. The van der Waals surface area contributed by atoms with Crippen LogP contribution in [0, 0.1) is 0 Å². The van der Waals surface area contributed by atoms with E-state index in [9.17, 15) is 4.79 Å². The van der Waals surface area contributed by atoms with Crippen LogP contribution in [-0.2, 0) is 4.74 Å². The van der Waals surface area contributed by atoms with E-state index in [0.29, 0.717) is 5.88 Å². The van der Waals surface area contributed by atoms with Gasteiger partial charge in [0, 0.05) is 10.2 Å². The van der Waals surface area contributed by atoms with Crippen molar-refractivity contribution in [3.05, 3.63) is 0 Å². The third kappa shape index (κ3) is 10.4. The summed E-state index contributed by atoms with van der Waals surface area (Å²) in [6.45, 7) is -0.0815. The molecule has 0 atom stereocenters. The Labute approximate surface area is 96.9 Å². The lowest BCUT2D eigenvalue weighted by atomic mass is 10.8. The van der Waals surface area contributed by atoms with Crippen molar-refractivity contribution in [1.29, 1.82) is 0 Å². The molecule has 4 nitrogen and oxygen atoms in total. The van der Waals surface area contributed by atoms with Crippen molar-refractivity contribution < 1.29 is 14.6 Å². The highest BCUT2D eigenvalue weighted by Crippen LogP contribution is 2.14. The summed E-state index contributed by atoms with van der Waals surface area (Å²) in [7, 11) is 0. The number of carbonyl (C=O) groups excluding carboxylic acids is 1. The van der Waals surface area contributed by atoms with Gasteiger partial charge in [0.1, 0.15) is 6.61 Å². The van der Waals surface area contributed by atoms with Gasteiger partial charge in [-0.15, -0.1) is 23.5 Å². The molecule has 0 aliphatic heterocycles. The van der Waals surface area contributed by atoms with Gasteiger partial charge < -0.3 is 15.2 Å². The zero-order valence-electron chi connectivity index (χ0n) is 8.02. The third-order valence-electron chi connectivity index (χ3n) is 1.01. The van der Waals surface area contributed by atoms with Crippen molar-refractivity contribution in [3.63, 3.8) is 0 Å². The van der Waals surface area contributed by atoms with Gasteiger partial charge in [-0.3, -0.25) is 0 Å². The highest BCUT2D eigenvalue weighted by molar-refractivity contribution is 8.22. The molecular weight excluding hydrogens is 242 g/mol. The van der Waals surface area contributed by atoms with Crippen LogP contribution in [0.3, 0.4) is 0 Å². The molecule has 0 aliphatic carbocycles. The predicted molar refractivity (Wildman–Crippen MR) is 64.9 cm³/mol. The van der Waals surface area contributed by atoms with E-state index in [4.69, 9.17) is 5.11 Å². The molecule has 0 radical (unpaired) electrons. The molecule has 0 rings (SSSR count). The quantitative estimate of drug-likeness (QED) is 0.506. The van der Waals surface area contributed by atoms with Crippen molar-refractivity contribution in [2.45, 2.75) is 0 Å². The van der Waals surface area contributed by atoms with Gasteiger partial charge in [-0.1, -0.05) is 0 Å². The smallest absolute Gasteiger partial charge is 0.407 e. The van der Waals surface area contributed by atoms with Crippen molar-refractivity contribution >= 4 is 41.4 Å². The minimum Gasteiger partial charge on any atom is -0.447 e. The number of nitrogens with one attached hydrogen (secondary N) is 1. The van der Waals surface area contributed by atoms with E-state index in [0.717, 1.165) is 10.2 Å². The number of aliphatic hydroxyl groups is 1. The van der Waals surface area contributed by atoms with Crippen LogP contribution < -0.4 is 5.32 Å². The average Bonchev–Trinajstić information content (AvgIpc) is 2.20. The van der Waals surface area contributed by atoms with Crippen LogP contribution in [0.5, 0.6) is 0 Å². The second-order valence-electron chi connectivity index (χ2n) is 2.11. The number of aliphatic hydroxyl groups excluding tert-OH is 1. The van der Waals surface area contributed by atoms with Crippen LogP contribution in [0.15, 0.2) is 0 Å². The summed E-state index contributed by atoms with van der Waals surface area (Å²) in [5.41, 5.74) is 0.